The molecule has 9 heteroatoms. The molecule has 34 heavy (non-hydrogen) atoms. The Bertz CT molecular complexity index is 1170. The predicted molar refractivity (Wildman–Crippen MR) is 132 cm³/mol. The Kier molecular flexibility index (Phi) is 6.80. The molecule has 1 saturated heterocycles. The molecule has 2 aromatic rings. The van der Waals surface area contributed by atoms with E-state index in [1.807, 2.05) is 31.4 Å². The Hall–Kier alpha value is -2.74. The summed E-state index contributed by atoms with van der Waals surface area (Å²) >= 11 is 6.93. The lowest BCUT2D eigenvalue weighted by molar-refractivity contribution is 0.0496. The summed E-state index contributed by atoms with van der Waals surface area (Å²) in [5.41, 5.74) is 0.547. The van der Waals surface area contributed by atoms with E-state index in [4.69, 9.17) is 21.1 Å². The second kappa shape index (κ2) is 9.49. The Morgan fingerprint density at radius 3 is 2.59 bits per heavy atom. The lowest BCUT2D eigenvalue weighted by atomic mass is 10.0. The van der Waals surface area contributed by atoms with E-state index in [0.717, 1.165) is 37.9 Å². The number of anilines is 1. The summed E-state index contributed by atoms with van der Waals surface area (Å²) < 4.78 is 12.5. The number of carbonyl (C=O) groups excluding carboxylic acids is 2. The number of fused-ring (bicyclic) bond motifs is 1. The minimum absolute atomic E-state index is 0.0321. The maximum absolute atomic E-state index is 13.1. The van der Waals surface area contributed by atoms with Gasteiger partial charge >= 0.3 is 12.1 Å². The lowest BCUT2D eigenvalue weighted by Crippen LogP contribution is -2.49. The molecule has 1 aliphatic heterocycles. The van der Waals surface area contributed by atoms with Crippen LogP contribution in [-0.2, 0) is 9.47 Å². The first kappa shape index (κ1) is 24.4. The number of aromatic nitrogens is 1. The molecule has 1 saturated carbocycles. The monoisotopic (exact) mass is 489 g/mol. The number of nitrogens with one attached hydrogen (secondary N) is 1. The Labute approximate surface area is 204 Å². The molecule has 8 nitrogen and oxygen atoms in total. The van der Waals surface area contributed by atoms with Gasteiger partial charge in [0.1, 0.15) is 11.2 Å². The fourth-order valence-corrected chi connectivity index (χ4v) is 4.81. The average molecular weight is 490 g/mol. The number of ether oxygens (including phenoxy) is 2. The van der Waals surface area contributed by atoms with E-state index in [2.05, 4.69) is 10.2 Å². The maximum atomic E-state index is 13.1. The molecule has 2 fully saturated rings. The van der Waals surface area contributed by atoms with Crippen LogP contribution in [-0.4, -0.2) is 48.0 Å². The number of piperidine rings is 1. The zero-order chi connectivity index (χ0) is 24.6. The molecule has 0 bridgehead atoms. The van der Waals surface area contributed by atoms with Gasteiger partial charge in [0.15, 0.2) is 0 Å². The number of benzene rings is 1. The number of amides is 1. The van der Waals surface area contributed by atoms with Crippen molar-refractivity contribution in [2.75, 3.05) is 24.6 Å². The standard InChI is InChI=1S/C25H32ClN3O5/c1-5-33-23(31)18-14-29(16-8-9-16)21-17(22(18)30)10-11-19(20(21)26)28-12-6-7-15(13-28)27-24(32)34-25(2,3)4/h10-11,14-16H,5-9,12-13H2,1-4H3,(H,27,32)/t15-/m0/s1. The van der Waals surface area contributed by atoms with Crippen LogP contribution in [0.5, 0.6) is 0 Å². The summed E-state index contributed by atoms with van der Waals surface area (Å²) in [6.45, 7) is 8.79. The fraction of sp³-hybridized carbons (Fsp3) is 0.560. The smallest absolute Gasteiger partial charge is 0.407 e. The third kappa shape index (κ3) is 5.17. The summed E-state index contributed by atoms with van der Waals surface area (Å²) in [6, 6.07) is 3.69. The third-order valence-corrected chi connectivity index (χ3v) is 6.40. The van der Waals surface area contributed by atoms with Crippen molar-refractivity contribution >= 4 is 40.3 Å². The first-order chi connectivity index (χ1) is 16.1. The van der Waals surface area contributed by atoms with Crippen molar-refractivity contribution in [1.29, 1.82) is 0 Å². The van der Waals surface area contributed by atoms with E-state index in [1.165, 1.54) is 0 Å². The normalized spacial score (nSPS) is 18.6. The zero-order valence-corrected chi connectivity index (χ0v) is 20.9. The molecule has 1 atom stereocenters. The predicted octanol–water partition coefficient (Wildman–Crippen LogP) is 4.66. The molecular formula is C25H32ClN3O5. The second-order valence-electron chi connectivity index (χ2n) is 9.96. The van der Waals surface area contributed by atoms with Gasteiger partial charge in [0.05, 0.1) is 22.8 Å². The van der Waals surface area contributed by atoms with E-state index >= 15 is 0 Å². The Morgan fingerprint density at radius 2 is 1.94 bits per heavy atom. The van der Waals surface area contributed by atoms with Crippen molar-refractivity contribution in [3.05, 3.63) is 39.1 Å². The van der Waals surface area contributed by atoms with Gasteiger partial charge in [0.2, 0.25) is 5.43 Å². The molecule has 1 aromatic carbocycles. The molecule has 1 N–H and O–H groups in total. The highest BCUT2D eigenvalue weighted by Crippen LogP contribution is 2.41. The highest BCUT2D eigenvalue weighted by Gasteiger charge is 2.30. The Balaban J connectivity index is 1.66. The molecule has 4 rings (SSSR count). The number of esters is 1. The molecule has 1 aliphatic carbocycles. The van der Waals surface area contributed by atoms with Crippen LogP contribution < -0.4 is 15.6 Å². The number of hydrogen-bond donors (Lipinski definition) is 1. The molecule has 1 amide bonds. The zero-order valence-electron chi connectivity index (χ0n) is 20.2. The van der Waals surface area contributed by atoms with Gasteiger partial charge in [-0.1, -0.05) is 11.6 Å². The summed E-state index contributed by atoms with van der Waals surface area (Å²) in [4.78, 5) is 39.9. The molecule has 2 aliphatic rings. The molecule has 0 radical (unpaired) electrons. The SMILES string of the molecule is CCOC(=O)c1cn(C2CC2)c2c(Cl)c(N3CCC[C@H](NC(=O)OC(C)(C)C)C3)ccc2c1=O. The fourth-order valence-electron chi connectivity index (χ4n) is 4.42. The molecule has 1 aromatic heterocycles. The number of nitrogens with zero attached hydrogens (tertiary/aromatic N) is 2. The number of alkyl carbamates (subject to hydrolysis) is 1. The summed E-state index contributed by atoms with van der Waals surface area (Å²) in [5, 5.41) is 3.85. The maximum Gasteiger partial charge on any atom is 0.407 e. The van der Waals surface area contributed by atoms with E-state index in [1.54, 1.807) is 19.2 Å². The van der Waals surface area contributed by atoms with Gasteiger partial charge < -0.3 is 24.3 Å². The first-order valence-electron chi connectivity index (χ1n) is 11.9. The van der Waals surface area contributed by atoms with E-state index < -0.39 is 17.7 Å². The van der Waals surface area contributed by atoms with Crippen LogP contribution in [0.2, 0.25) is 5.02 Å². The van der Waals surface area contributed by atoms with Gasteiger partial charge in [-0.15, -0.1) is 0 Å². The van der Waals surface area contributed by atoms with Crippen LogP contribution in [0.3, 0.4) is 0 Å². The largest absolute Gasteiger partial charge is 0.462 e. The van der Waals surface area contributed by atoms with Crippen LogP contribution in [0, 0.1) is 0 Å². The van der Waals surface area contributed by atoms with Crippen molar-refractivity contribution in [3.8, 4) is 0 Å². The van der Waals surface area contributed by atoms with Crippen LogP contribution in [0.25, 0.3) is 10.9 Å². The van der Waals surface area contributed by atoms with E-state index in [-0.39, 0.29) is 29.7 Å². The van der Waals surface area contributed by atoms with Crippen molar-refractivity contribution in [2.45, 2.75) is 71.1 Å². The number of halogens is 1. The van der Waals surface area contributed by atoms with Gasteiger partial charge in [-0.05, 0) is 65.5 Å². The molecule has 0 unspecified atom stereocenters. The first-order valence-corrected chi connectivity index (χ1v) is 12.3. The Morgan fingerprint density at radius 1 is 1.21 bits per heavy atom. The molecule has 0 spiro atoms. The average Bonchev–Trinajstić information content (AvgIpc) is 3.58. The lowest BCUT2D eigenvalue weighted by Gasteiger charge is -2.35. The van der Waals surface area contributed by atoms with Crippen molar-refractivity contribution in [2.24, 2.45) is 0 Å². The van der Waals surface area contributed by atoms with Crippen LogP contribution in [0.4, 0.5) is 10.5 Å². The summed E-state index contributed by atoms with van der Waals surface area (Å²) in [5.74, 6) is -0.615. The number of pyridine rings is 1. The summed E-state index contributed by atoms with van der Waals surface area (Å²) in [6.07, 6.45) is 4.82. The number of carbonyl (C=O) groups is 2. The van der Waals surface area contributed by atoms with Gasteiger partial charge in [0.25, 0.3) is 0 Å². The molecule has 2 heterocycles. The van der Waals surface area contributed by atoms with Gasteiger partial charge in [0, 0.05) is 36.8 Å². The van der Waals surface area contributed by atoms with Crippen molar-refractivity contribution in [1.82, 2.24) is 9.88 Å². The number of hydrogen-bond acceptors (Lipinski definition) is 6. The van der Waals surface area contributed by atoms with E-state index in [9.17, 15) is 14.4 Å². The summed E-state index contributed by atoms with van der Waals surface area (Å²) in [7, 11) is 0. The quantitative estimate of drug-likeness (QED) is 0.614. The van der Waals surface area contributed by atoms with Gasteiger partial charge in [-0.2, -0.15) is 0 Å². The van der Waals surface area contributed by atoms with Crippen LogP contribution >= 0.6 is 11.6 Å². The van der Waals surface area contributed by atoms with Gasteiger partial charge in [-0.25, -0.2) is 9.59 Å². The van der Waals surface area contributed by atoms with Crippen LogP contribution in [0.1, 0.15) is 69.8 Å². The minimum atomic E-state index is -0.615. The number of rotatable bonds is 5. The topological polar surface area (TPSA) is 89.9 Å². The van der Waals surface area contributed by atoms with E-state index in [0.29, 0.717) is 22.5 Å². The van der Waals surface area contributed by atoms with Crippen LogP contribution in [0.15, 0.2) is 23.1 Å². The molecular weight excluding hydrogens is 458 g/mol. The molecule has 184 valence electrons. The third-order valence-electron chi connectivity index (χ3n) is 6.03. The highest BCUT2D eigenvalue weighted by molar-refractivity contribution is 6.38. The van der Waals surface area contributed by atoms with Crippen molar-refractivity contribution < 1.29 is 19.1 Å². The van der Waals surface area contributed by atoms with Gasteiger partial charge in [-0.3, -0.25) is 4.79 Å². The van der Waals surface area contributed by atoms with Crippen molar-refractivity contribution in [3.63, 3.8) is 0 Å². The second-order valence-corrected chi connectivity index (χ2v) is 10.3. The minimum Gasteiger partial charge on any atom is -0.462 e. The highest BCUT2D eigenvalue weighted by atomic mass is 35.5.